The molecule has 2 aromatic rings. The van der Waals surface area contributed by atoms with E-state index in [1.807, 2.05) is 6.07 Å². The molecule has 0 unspecified atom stereocenters. The molecule has 2 aromatic carbocycles. The molecule has 0 atom stereocenters. The molecule has 0 bridgehead atoms. The molecule has 0 fully saturated rings. The van der Waals surface area contributed by atoms with E-state index in [0.717, 1.165) is 12.1 Å². The Kier molecular flexibility index (Phi) is 4.96. The summed E-state index contributed by atoms with van der Waals surface area (Å²) in [7, 11) is -4.11. The number of benzene rings is 2. The first kappa shape index (κ1) is 18.0. The van der Waals surface area contributed by atoms with E-state index in [9.17, 15) is 21.6 Å². The molecule has 4 nitrogen and oxygen atoms in total. The first-order chi connectivity index (χ1) is 11.1. The fourth-order valence-electron chi connectivity index (χ4n) is 2.09. The summed E-state index contributed by atoms with van der Waals surface area (Å²) in [6.45, 7) is 1.13. The Morgan fingerprint density at radius 1 is 1.17 bits per heavy atom. The first-order valence-corrected chi connectivity index (χ1v) is 8.28. The molecule has 0 spiro atoms. The number of nitriles is 1. The lowest BCUT2D eigenvalue weighted by Crippen LogP contribution is -2.24. The predicted molar refractivity (Wildman–Crippen MR) is 81.4 cm³/mol. The number of halogens is 3. The van der Waals surface area contributed by atoms with E-state index in [0.29, 0.717) is 17.2 Å². The molecule has 0 aliphatic carbocycles. The van der Waals surface area contributed by atoms with Crippen molar-refractivity contribution >= 4 is 10.0 Å². The molecule has 24 heavy (non-hydrogen) atoms. The number of nitrogens with one attached hydrogen (secondary N) is 1. The van der Waals surface area contributed by atoms with Crippen LogP contribution in [-0.4, -0.2) is 8.42 Å². The standard InChI is InChI=1S/C16H13F3N2O2S/c1-11-5-6-14(8-15(11)16(17,18)19)24(22,23)21-10-13-4-2-3-12(7-13)9-20/h2-8,21H,10H2,1H3. The second-order valence-electron chi connectivity index (χ2n) is 5.11. The van der Waals surface area contributed by atoms with Gasteiger partial charge in [0.2, 0.25) is 10.0 Å². The van der Waals surface area contributed by atoms with E-state index < -0.39 is 26.7 Å². The molecule has 0 radical (unpaired) electrons. The minimum atomic E-state index is -4.63. The summed E-state index contributed by atoms with van der Waals surface area (Å²) < 4.78 is 65.4. The molecule has 0 aliphatic heterocycles. The minimum Gasteiger partial charge on any atom is -0.207 e. The number of hydrogen-bond acceptors (Lipinski definition) is 3. The zero-order valence-electron chi connectivity index (χ0n) is 12.6. The van der Waals surface area contributed by atoms with Crippen molar-refractivity contribution < 1.29 is 21.6 Å². The van der Waals surface area contributed by atoms with Crippen molar-refractivity contribution in [2.24, 2.45) is 0 Å². The number of hydrogen-bond donors (Lipinski definition) is 1. The van der Waals surface area contributed by atoms with Gasteiger partial charge in [0.05, 0.1) is 22.1 Å². The zero-order chi connectivity index (χ0) is 18.0. The normalized spacial score (nSPS) is 12.0. The van der Waals surface area contributed by atoms with Gasteiger partial charge in [-0.3, -0.25) is 0 Å². The van der Waals surface area contributed by atoms with Gasteiger partial charge in [0, 0.05) is 6.54 Å². The molecule has 8 heteroatoms. The quantitative estimate of drug-likeness (QED) is 0.915. The van der Waals surface area contributed by atoms with E-state index >= 15 is 0 Å². The fourth-order valence-corrected chi connectivity index (χ4v) is 3.13. The Balaban J connectivity index is 2.26. The van der Waals surface area contributed by atoms with Crippen LogP contribution in [0.1, 0.15) is 22.3 Å². The predicted octanol–water partition coefficient (Wildman–Crippen LogP) is 3.36. The summed E-state index contributed by atoms with van der Waals surface area (Å²) >= 11 is 0. The maximum absolute atomic E-state index is 12.9. The van der Waals surface area contributed by atoms with Gasteiger partial charge in [0.15, 0.2) is 0 Å². The highest BCUT2D eigenvalue weighted by atomic mass is 32.2. The van der Waals surface area contributed by atoms with E-state index in [1.54, 1.807) is 18.2 Å². The molecule has 0 amide bonds. The summed E-state index contributed by atoms with van der Waals surface area (Å²) in [5, 5.41) is 8.81. The maximum atomic E-state index is 12.9. The lowest BCUT2D eigenvalue weighted by molar-refractivity contribution is -0.138. The second kappa shape index (κ2) is 6.63. The van der Waals surface area contributed by atoms with E-state index in [2.05, 4.69) is 4.72 Å². The lowest BCUT2D eigenvalue weighted by atomic mass is 10.1. The Labute approximate surface area is 137 Å². The number of rotatable bonds is 4. The van der Waals surface area contributed by atoms with Crippen LogP contribution in [-0.2, 0) is 22.7 Å². The molecule has 126 valence electrons. The van der Waals surface area contributed by atoms with Crippen molar-refractivity contribution in [2.45, 2.75) is 24.5 Å². The van der Waals surface area contributed by atoms with Crippen LogP contribution in [0.15, 0.2) is 47.4 Å². The summed E-state index contributed by atoms with van der Waals surface area (Å²) in [5.41, 5.74) is -0.151. The molecule has 0 aromatic heterocycles. The van der Waals surface area contributed by atoms with E-state index in [4.69, 9.17) is 5.26 Å². The van der Waals surface area contributed by atoms with Crippen LogP contribution in [0.25, 0.3) is 0 Å². The Morgan fingerprint density at radius 2 is 1.88 bits per heavy atom. The third-order valence-electron chi connectivity index (χ3n) is 3.35. The van der Waals surface area contributed by atoms with E-state index in [-0.39, 0.29) is 12.1 Å². The maximum Gasteiger partial charge on any atom is 0.416 e. The fraction of sp³-hybridized carbons (Fsp3) is 0.188. The van der Waals surface area contributed by atoms with Gasteiger partial charge in [-0.1, -0.05) is 18.2 Å². The van der Waals surface area contributed by atoms with Crippen molar-refractivity contribution in [3.8, 4) is 6.07 Å². The molecule has 1 N–H and O–H groups in total. The van der Waals surface area contributed by atoms with Crippen molar-refractivity contribution in [2.75, 3.05) is 0 Å². The average Bonchev–Trinajstić information content (AvgIpc) is 2.52. The highest BCUT2D eigenvalue weighted by molar-refractivity contribution is 7.89. The zero-order valence-corrected chi connectivity index (χ0v) is 13.4. The van der Waals surface area contributed by atoms with Crippen LogP contribution in [0.3, 0.4) is 0 Å². The van der Waals surface area contributed by atoms with Gasteiger partial charge in [-0.25, -0.2) is 13.1 Å². The van der Waals surface area contributed by atoms with Gasteiger partial charge in [-0.15, -0.1) is 0 Å². The number of aryl methyl sites for hydroxylation is 1. The third kappa shape index (κ3) is 4.13. The Bertz CT molecular complexity index is 900. The Morgan fingerprint density at radius 3 is 2.50 bits per heavy atom. The van der Waals surface area contributed by atoms with Crippen LogP contribution in [0, 0.1) is 18.3 Å². The van der Waals surface area contributed by atoms with Gasteiger partial charge in [0.25, 0.3) is 0 Å². The number of alkyl halides is 3. The monoisotopic (exact) mass is 354 g/mol. The molecule has 0 saturated heterocycles. The second-order valence-corrected chi connectivity index (χ2v) is 6.88. The first-order valence-electron chi connectivity index (χ1n) is 6.80. The molecule has 0 saturated carbocycles. The van der Waals surface area contributed by atoms with Crippen LogP contribution < -0.4 is 4.72 Å². The van der Waals surface area contributed by atoms with Crippen molar-refractivity contribution in [3.05, 3.63) is 64.7 Å². The van der Waals surface area contributed by atoms with Gasteiger partial charge < -0.3 is 0 Å². The third-order valence-corrected chi connectivity index (χ3v) is 4.75. The van der Waals surface area contributed by atoms with Crippen LogP contribution in [0.2, 0.25) is 0 Å². The highest BCUT2D eigenvalue weighted by Crippen LogP contribution is 2.33. The van der Waals surface area contributed by atoms with Crippen molar-refractivity contribution in [1.29, 1.82) is 5.26 Å². The molecule has 0 aliphatic rings. The molecule has 2 rings (SSSR count). The smallest absolute Gasteiger partial charge is 0.207 e. The summed E-state index contributed by atoms with van der Waals surface area (Å²) in [4.78, 5) is -0.461. The molecular formula is C16H13F3N2O2S. The summed E-state index contributed by atoms with van der Waals surface area (Å²) in [6, 6.07) is 11.0. The van der Waals surface area contributed by atoms with Gasteiger partial charge in [0.1, 0.15) is 0 Å². The topological polar surface area (TPSA) is 70.0 Å². The van der Waals surface area contributed by atoms with Gasteiger partial charge in [-0.2, -0.15) is 18.4 Å². The minimum absolute atomic E-state index is 0.0526. The SMILES string of the molecule is Cc1ccc(S(=O)(=O)NCc2cccc(C#N)c2)cc1C(F)(F)F. The van der Waals surface area contributed by atoms with Gasteiger partial charge >= 0.3 is 6.18 Å². The van der Waals surface area contributed by atoms with E-state index in [1.165, 1.54) is 13.0 Å². The van der Waals surface area contributed by atoms with Crippen molar-refractivity contribution in [1.82, 2.24) is 4.72 Å². The highest BCUT2D eigenvalue weighted by Gasteiger charge is 2.33. The Hall–Kier alpha value is -2.37. The summed E-state index contributed by atoms with van der Waals surface area (Å²) in [5.74, 6) is 0. The van der Waals surface area contributed by atoms with Crippen molar-refractivity contribution in [3.63, 3.8) is 0 Å². The molecule has 0 heterocycles. The van der Waals surface area contributed by atoms with Crippen LogP contribution in [0.5, 0.6) is 0 Å². The van der Waals surface area contributed by atoms with Crippen LogP contribution in [0.4, 0.5) is 13.2 Å². The lowest BCUT2D eigenvalue weighted by Gasteiger charge is -2.13. The number of nitrogens with zero attached hydrogens (tertiary/aromatic N) is 1. The summed E-state index contributed by atoms with van der Waals surface area (Å²) in [6.07, 6.45) is -4.63. The largest absolute Gasteiger partial charge is 0.416 e. The van der Waals surface area contributed by atoms with Gasteiger partial charge in [-0.05, 0) is 42.3 Å². The van der Waals surface area contributed by atoms with Crippen LogP contribution >= 0.6 is 0 Å². The molecular weight excluding hydrogens is 341 g/mol. The number of sulfonamides is 1. The average molecular weight is 354 g/mol.